The summed E-state index contributed by atoms with van der Waals surface area (Å²) in [5.74, 6) is 0.846. The van der Waals surface area contributed by atoms with Crippen LogP contribution in [0.1, 0.15) is 23.2 Å². The molecule has 1 amide bonds. The predicted octanol–water partition coefficient (Wildman–Crippen LogP) is 2.30. The van der Waals surface area contributed by atoms with E-state index in [1.807, 2.05) is 0 Å². The first-order chi connectivity index (χ1) is 8.61. The molecule has 2 rings (SSSR count). The fraction of sp³-hybridized carbons (Fsp3) is 0.462. The number of amides is 1. The zero-order valence-corrected chi connectivity index (χ0v) is 11.7. The van der Waals surface area contributed by atoms with Crippen LogP contribution in [-0.2, 0) is 0 Å². The first kappa shape index (κ1) is 13.2. The fourth-order valence-electron chi connectivity index (χ4n) is 1.75. The third kappa shape index (κ3) is 3.16. The lowest BCUT2D eigenvalue weighted by Gasteiger charge is -2.10. The number of methoxy groups -OCH3 is 1. The molecule has 1 saturated carbocycles. The summed E-state index contributed by atoms with van der Waals surface area (Å²) < 4.78 is 4.93. The second-order valence-electron chi connectivity index (χ2n) is 4.45. The minimum absolute atomic E-state index is 0.0252. The highest BCUT2D eigenvalue weighted by molar-refractivity contribution is 9.09. The molecule has 0 spiro atoms. The van der Waals surface area contributed by atoms with Crippen molar-refractivity contribution < 1.29 is 14.6 Å². The molecule has 0 radical (unpaired) electrons. The highest BCUT2D eigenvalue weighted by Crippen LogP contribution is 2.36. The maximum absolute atomic E-state index is 11.9. The third-order valence-corrected chi connectivity index (χ3v) is 4.10. The van der Waals surface area contributed by atoms with E-state index in [4.69, 9.17) is 4.74 Å². The number of hydrogen-bond donors (Lipinski definition) is 2. The van der Waals surface area contributed by atoms with Crippen LogP contribution in [0.15, 0.2) is 18.2 Å². The van der Waals surface area contributed by atoms with Gasteiger partial charge in [0.15, 0.2) is 11.5 Å². The van der Waals surface area contributed by atoms with Crippen molar-refractivity contribution in [3.63, 3.8) is 0 Å². The molecule has 2 N–H and O–H groups in total. The van der Waals surface area contributed by atoms with Crippen LogP contribution in [0.5, 0.6) is 11.5 Å². The van der Waals surface area contributed by atoms with Crippen LogP contribution < -0.4 is 10.1 Å². The van der Waals surface area contributed by atoms with Crippen molar-refractivity contribution in [1.82, 2.24) is 5.32 Å². The van der Waals surface area contributed by atoms with Crippen LogP contribution in [0.2, 0.25) is 0 Å². The number of rotatable bonds is 5. The number of ether oxygens (including phenoxy) is 1. The Bertz CT molecular complexity index is 446. The molecular formula is C13H16BrNO3. The van der Waals surface area contributed by atoms with Crippen molar-refractivity contribution in [3.8, 4) is 11.5 Å². The molecule has 98 valence electrons. The van der Waals surface area contributed by atoms with Gasteiger partial charge in [-0.3, -0.25) is 4.79 Å². The average Bonchev–Trinajstić information content (AvgIpc) is 3.19. The minimum atomic E-state index is -0.182. The molecule has 18 heavy (non-hydrogen) atoms. The Hall–Kier alpha value is -1.23. The molecule has 0 aromatic heterocycles. The highest BCUT2D eigenvalue weighted by atomic mass is 79.9. The van der Waals surface area contributed by atoms with E-state index in [9.17, 15) is 9.90 Å². The van der Waals surface area contributed by atoms with Gasteiger partial charge in [0.25, 0.3) is 5.91 Å². The van der Waals surface area contributed by atoms with E-state index in [0.29, 0.717) is 28.6 Å². The van der Waals surface area contributed by atoms with Gasteiger partial charge in [0, 0.05) is 16.9 Å². The van der Waals surface area contributed by atoms with E-state index in [0.717, 1.165) is 0 Å². The maximum atomic E-state index is 11.9. The summed E-state index contributed by atoms with van der Waals surface area (Å²) in [5.41, 5.74) is 0.434. The Morgan fingerprint density at radius 2 is 2.33 bits per heavy atom. The Balaban J connectivity index is 1.93. The molecular weight excluding hydrogens is 298 g/mol. The number of phenols is 1. The molecule has 1 aliphatic carbocycles. The number of aromatic hydroxyl groups is 1. The minimum Gasteiger partial charge on any atom is -0.504 e. The number of hydrogen-bond acceptors (Lipinski definition) is 3. The molecule has 1 aromatic carbocycles. The summed E-state index contributed by atoms with van der Waals surface area (Å²) in [5, 5.41) is 12.4. The van der Waals surface area contributed by atoms with Crippen molar-refractivity contribution in [2.24, 2.45) is 5.92 Å². The lowest BCUT2D eigenvalue weighted by molar-refractivity contribution is 0.0953. The second kappa shape index (κ2) is 5.61. The summed E-state index contributed by atoms with van der Waals surface area (Å²) in [6, 6.07) is 4.62. The van der Waals surface area contributed by atoms with Crippen molar-refractivity contribution >= 4 is 21.8 Å². The molecule has 0 aliphatic heterocycles. The predicted molar refractivity (Wildman–Crippen MR) is 72.4 cm³/mol. The smallest absolute Gasteiger partial charge is 0.251 e. The monoisotopic (exact) mass is 313 g/mol. The Morgan fingerprint density at radius 1 is 1.61 bits per heavy atom. The van der Waals surface area contributed by atoms with Crippen molar-refractivity contribution in [1.29, 1.82) is 0 Å². The second-order valence-corrected chi connectivity index (χ2v) is 5.63. The summed E-state index contributed by atoms with van der Waals surface area (Å²) >= 11 is 3.56. The standard InChI is InChI=1S/C13H16BrNO3/c1-18-12-5-4-9(6-11(12)16)13(17)15-7-10(14)8-2-3-8/h4-6,8,10,16H,2-3,7H2,1H3,(H,15,17). The zero-order chi connectivity index (χ0) is 13.1. The lowest BCUT2D eigenvalue weighted by atomic mass is 10.2. The molecule has 4 nitrogen and oxygen atoms in total. The van der Waals surface area contributed by atoms with Gasteiger partial charge in [-0.25, -0.2) is 0 Å². The van der Waals surface area contributed by atoms with Gasteiger partial charge in [-0.05, 0) is 37.0 Å². The quantitative estimate of drug-likeness (QED) is 0.820. The number of halogens is 1. The van der Waals surface area contributed by atoms with Gasteiger partial charge < -0.3 is 15.2 Å². The maximum Gasteiger partial charge on any atom is 0.251 e. The number of nitrogens with one attached hydrogen (secondary N) is 1. The van der Waals surface area contributed by atoms with Crippen LogP contribution in [-0.4, -0.2) is 29.5 Å². The van der Waals surface area contributed by atoms with Gasteiger partial charge in [0.05, 0.1) is 7.11 Å². The molecule has 0 saturated heterocycles. The highest BCUT2D eigenvalue weighted by Gasteiger charge is 2.29. The fourth-order valence-corrected chi connectivity index (χ4v) is 2.44. The van der Waals surface area contributed by atoms with Gasteiger partial charge >= 0.3 is 0 Å². The third-order valence-electron chi connectivity index (χ3n) is 3.03. The van der Waals surface area contributed by atoms with Crippen LogP contribution in [0.4, 0.5) is 0 Å². The van der Waals surface area contributed by atoms with Crippen LogP contribution in [0, 0.1) is 5.92 Å². The van der Waals surface area contributed by atoms with E-state index in [1.165, 1.54) is 26.0 Å². The average molecular weight is 314 g/mol. The summed E-state index contributed by atoms with van der Waals surface area (Å²) in [6.45, 7) is 0.607. The normalized spacial score (nSPS) is 16.1. The zero-order valence-electron chi connectivity index (χ0n) is 10.1. The topological polar surface area (TPSA) is 58.6 Å². The van der Waals surface area contributed by atoms with Crippen LogP contribution >= 0.6 is 15.9 Å². The largest absolute Gasteiger partial charge is 0.504 e. The summed E-state index contributed by atoms with van der Waals surface area (Å²) in [6.07, 6.45) is 2.46. The van der Waals surface area contributed by atoms with Gasteiger partial charge in [0.2, 0.25) is 0 Å². The SMILES string of the molecule is COc1ccc(C(=O)NCC(Br)C2CC2)cc1O. The van der Waals surface area contributed by atoms with Gasteiger partial charge in [-0.1, -0.05) is 15.9 Å². The van der Waals surface area contributed by atoms with Crippen molar-refractivity contribution in [2.45, 2.75) is 17.7 Å². The molecule has 1 fully saturated rings. The van der Waals surface area contributed by atoms with Crippen molar-refractivity contribution in [3.05, 3.63) is 23.8 Å². The summed E-state index contributed by atoms with van der Waals surface area (Å²) in [7, 11) is 1.47. The molecule has 5 heteroatoms. The molecule has 0 heterocycles. The van der Waals surface area contributed by atoms with E-state index in [2.05, 4.69) is 21.2 Å². The van der Waals surface area contributed by atoms with Crippen LogP contribution in [0.25, 0.3) is 0 Å². The molecule has 0 bridgehead atoms. The van der Waals surface area contributed by atoms with Gasteiger partial charge in [0.1, 0.15) is 0 Å². The molecule has 1 aromatic rings. The first-order valence-corrected chi connectivity index (χ1v) is 6.82. The number of benzene rings is 1. The van der Waals surface area contributed by atoms with Gasteiger partial charge in [-0.15, -0.1) is 0 Å². The Morgan fingerprint density at radius 3 is 2.89 bits per heavy atom. The van der Waals surface area contributed by atoms with E-state index in [-0.39, 0.29) is 11.7 Å². The number of phenolic OH excluding ortho intramolecular Hbond substituents is 1. The molecule has 1 atom stereocenters. The van der Waals surface area contributed by atoms with E-state index in [1.54, 1.807) is 12.1 Å². The Labute approximate surface area is 114 Å². The van der Waals surface area contributed by atoms with Crippen molar-refractivity contribution in [2.75, 3.05) is 13.7 Å². The first-order valence-electron chi connectivity index (χ1n) is 5.91. The van der Waals surface area contributed by atoms with Crippen LogP contribution in [0.3, 0.4) is 0 Å². The Kier molecular flexibility index (Phi) is 4.11. The number of carbonyl (C=O) groups excluding carboxylic acids is 1. The van der Waals surface area contributed by atoms with Gasteiger partial charge in [-0.2, -0.15) is 0 Å². The molecule has 1 unspecified atom stereocenters. The molecule has 1 aliphatic rings. The lowest BCUT2D eigenvalue weighted by Crippen LogP contribution is -2.30. The van der Waals surface area contributed by atoms with E-state index < -0.39 is 0 Å². The number of alkyl halides is 1. The van der Waals surface area contributed by atoms with E-state index >= 15 is 0 Å². The number of carbonyl (C=O) groups is 1. The summed E-state index contributed by atoms with van der Waals surface area (Å²) in [4.78, 5) is 12.2.